The minimum atomic E-state index is -2.16. The van der Waals surface area contributed by atoms with Crippen LogP contribution in [0.25, 0.3) is 10.8 Å². The van der Waals surface area contributed by atoms with Gasteiger partial charge in [0.2, 0.25) is 11.7 Å². The van der Waals surface area contributed by atoms with E-state index in [-0.39, 0.29) is 37.7 Å². The van der Waals surface area contributed by atoms with E-state index in [2.05, 4.69) is 15.6 Å². The van der Waals surface area contributed by atoms with Crippen LogP contribution in [0.5, 0.6) is 0 Å². The number of anilines is 1. The maximum atomic E-state index is 17.9. The van der Waals surface area contributed by atoms with Crippen LogP contribution in [0.1, 0.15) is 104 Å². The number of rotatable bonds is 14. The monoisotopic (exact) mass is 966 g/mol. The Hall–Kier alpha value is -5.88. The van der Waals surface area contributed by atoms with E-state index in [4.69, 9.17) is 29.4 Å². The number of benzene rings is 2. The number of hydrogen-bond donors (Lipinski definition) is 4. The van der Waals surface area contributed by atoms with Crippen LogP contribution in [0, 0.1) is 22.7 Å². The lowest BCUT2D eigenvalue weighted by molar-refractivity contribution is -0.246. The summed E-state index contributed by atoms with van der Waals surface area (Å²) in [6, 6.07) is 13.0. The first-order valence-electron chi connectivity index (χ1n) is 23.9. The Labute approximate surface area is 406 Å². The smallest absolute Gasteiger partial charge is 0.407 e. The number of aliphatic hydroxyl groups is 1. The lowest BCUT2D eigenvalue weighted by atomic mass is 9.44. The molecule has 3 saturated carbocycles. The Bertz CT molecular complexity index is 2650. The molecule has 2 aromatic carbocycles. The highest BCUT2D eigenvalue weighted by Crippen LogP contribution is 2.72. The molecule has 16 nitrogen and oxygen atoms in total. The minimum Gasteiger partial charge on any atom is -0.461 e. The molecule has 1 saturated heterocycles. The number of pyridine rings is 1. The molecule has 5 N–H and O–H groups in total. The van der Waals surface area contributed by atoms with Crippen molar-refractivity contribution in [1.29, 1.82) is 0 Å². The molecular weight excluding hydrogens is 904 g/mol. The van der Waals surface area contributed by atoms with Crippen LogP contribution in [-0.2, 0) is 54.3 Å². The number of halogens is 1. The highest BCUT2D eigenvalue weighted by Gasteiger charge is 2.80. The maximum Gasteiger partial charge on any atom is 0.407 e. The molecule has 3 aromatic rings. The summed E-state index contributed by atoms with van der Waals surface area (Å²) in [5.74, 6) is -5.98. The number of alkyl halides is 1. The van der Waals surface area contributed by atoms with E-state index in [0.29, 0.717) is 35.2 Å². The number of nitrogens with zero attached hydrogens (tertiary/aromatic N) is 1. The predicted octanol–water partition coefficient (Wildman–Crippen LogP) is 6.62. The molecule has 2 heterocycles. The molecular formula is C53H63FN4O12. The number of carbonyl (C=O) groups excluding carboxylic acids is 6. The summed E-state index contributed by atoms with van der Waals surface area (Å²) in [7, 11) is 0. The number of esters is 2. The number of hydrogen-bond acceptors (Lipinski definition) is 14. The fourth-order valence-electron chi connectivity index (χ4n) is 12.0. The highest BCUT2D eigenvalue weighted by molar-refractivity contribution is 6.01. The number of alkyl carbamates (subject to hydrolysis) is 1. The van der Waals surface area contributed by atoms with E-state index in [0.717, 1.165) is 10.8 Å². The van der Waals surface area contributed by atoms with Crippen molar-refractivity contribution in [3.8, 4) is 0 Å². The molecule has 4 fully saturated rings. The van der Waals surface area contributed by atoms with Gasteiger partial charge in [0.15, 0.2) is 29.4 Å². The minimum absolute atomic E-state index is 0.0373. The van der Waals surface area contributed by atoms with Crippen molar-refractivity contribution < 1.29 is 61.9 Å². The zero-order valence-corrected chi connectivity index (χ0v) is 40.7. The van der Waals surface area contributed by atoms with Crippen LogP contribution < -0.4 is 16.4 Å². The summed E-state index contributed by atoms with van der Waals surface area (Å²) in [5, 5.41) is 19.3. The lowest BCUT2D eigenvalue weighted by Crippen LogP contribution is -2.70. The molecule has 8 rings (SSSR count). The molecule has 0 spiro atoms. The average Bonchev–Trinajstić information content (AvgIpc) is 3.70. The summed E-state index contributed by atoms with van der Waals surface area (Å²) in [5.41, 5.74) is 1.31. The number of fused-ring (bicyclic) bond motifs is 8. The molecule has 1 aromatic heterocycles. The number of Topliss-reactive ketones (excluding diaryl/α,β-unsaturated/α-hetero) is 1. The van der Waals surface area contributed by atoms with Gasteiger partial charge in [0.25, 0.3) is 0 Å². The van der Waals surface area contributed by atoms with Gasteiger partial charge < -0.3 is 45.2 Å². The van der Waals surface area contributed by atoms with Gasteiger partial charge in [0, 0.05) is 46.8 Å². The summed E-state index contributed by atoms with van der Waals surface area (Å²) >= 11 is 0. The molecule has 2 amide bonds. The van der Waals surface area contributed by atoms with Crippen LogP contribution in [0.15, 0.2) is 84.7 Å². The number of ketones is 2. The van der Waals surface area contributed by atoms with E-state index in [1.165, 1.54) is 12.2 Å². The number of nitrogens with two attached hydrogens (primary N) is 1. The topological polar surface area (TPSA) is 232 Å². The predicted molar refractivity (Wildman–Crippen MR) is 253 cm³/mol. The number of allylic oxidation sites excluding steroid dienone is 4. The van der Waals surface area contributed by atoms with Gasteiger partial charge in [-0.1, -0.05) is 48.9 Å². The van der Waals surface area contributed by atoms with Crippen molar-refractivity contribution in [2.75, 3.05) is 18.5 Å². The SMILES string of the molecule is CC(C)(C)OC(=O)NC(CC(=O)OCC(=O)[C@@]12OC(C)(C)O[C@@H]1C[C@H]1[C@@H]3CCC4=CC(=O)C=C[C@]4(C)[C@@]3(F)[C@@H](O)C[C@@]12C)CC(=O)OCc1ccc([C@@H](CN)C(=O)Nc2ccc3cnccc3c2)cc1. The first-order chi connectivity index (χ1) is 32.9. The zero-order chi connectivity index (χ0) is 50.6. The summed E-state index contributed by atoms with van der Waals surface area (Å²) < 4.78 is 47.4. The zero-order valence-electron chi connectivity index (χ0n) is 40.7. The van der Waals surface area contributed by atoms with Gasteiger partial charge in [-0.3, -0.25) is 29.0 Å². The average molecular weight is 967 g/mol. The number of carbonyl (C=O) groups is 6. The van der Waals surface area contributed by atoms with Gasteiger partial charge in [-0.2, -0.15) is 0 Å². The molecule has 1 aliphatic heterocycles. The van der Waals surface area contributed by atoms with Gasteiger partial charge in [0.1, 0.15) is 12.2 Å². The number of ether oxygens (including phenoxy) is 5. The van der Waals surface area contributed by atoms with E-state index in [1.807, 2.05) is 25.1 Å². The second kappa shape index (κ2) is 18.7. The summed E-state index contributed by atoms with van der Waals surface area (Å²) in [6.07, 6.45) is 4.27. The maximum absolute atomic E-state index is 17.9. The van der Waals surface area contributed by atoms with Crippen molar-refractivity contribution in [1.82, 2.24) is 10.3 Å². The van der Waals surface area contributed by atoms with Gasteiger partial charge in [-0.05, 0) is 120 Å². The lowest BCUT2D eigenvalue weighted by Gasteiger charge is -2.62. The van der Waals surface area contributed by atoms with E-state index in [9.17, 15) is 33.9 Å². The highest BCUT2D eigenvalue weighted by atomic mass is 19.1. The van der Waals surface area contributed by atoms with Crippen molar-refractivity contribution in [3.63, 3.8) is 0 Å². The molecule has 1 unspecified atom stereocenters. The second-order valence-corrected chi connectivity index (χ2v) is 21.3. The van der Waals surface area contributed by atoms with Crippen LogP contribution in [0.3, 0.4) is 0 Å². The third-order valence-electron chi connectivity index (χ3n) is 15.2. The third-order valence-corrected chi connectivity index (χ3v) is 15.2. The van der Waals surface area contributed by atoms with Crippen molar-refractivity contribution >= 4 is 52.0 Å². The van der Waals surface area contributed by atoms with Crippen LogP contribution in [0.4, 0.5) is 14.9 Å². The van der Waals surface area contributed by atoms with Gasteiger partial charge in [0.05, 0.1) is 37.0 Å². The molecule has 10 atom stereocenters. The van der Waals surface area contributed by atoms with Crippen LogP contribution in [-0.4, -0.2) is 99.7 Å². The molecule has 0 radical (unpaired) electrons. The first-order valence-corrected chi connectivity index (χ1v) is 23.9. The second-order valence-electron chi connectivity index (χ2n) is 21.3. The Kier molecular flexibility index (Phi) is 13.5. The molecule has 17 heteroatoms. The Morgan fingerprint density at radius 2 is 1.69 bits per heavy atom. The van der Waals surface area contributed by atoms with Crippen LogP contribution in [0.2, 0.25) is 0 Å². The third kappa shape index (κ3) is 9.28. The summed E-state index contributed by atoms with van der Waals surface area (Å²) in [4.78, 5) is 84.3. The molecule has 5 aliphatic rings. The van der Waals surface area contributed by atoms with Gasteiger partial charge in [-0.15, -0.1) is 0 Å². The Balaban J connectivity index is 0.909. The molecule has 4 aliphatic carbocycles. The van der Waals surface area contributed by atoms with Crippen molar-refractivity contribution in [3.05, 3.63) is 95.9 Å². The standard InChI is InChI=1S/C53H63FN4O12/c1-48(2,3)69-47(65)58-36(22-44(62)66-28-30-8-10-31(11-9-30)38(26-55)46(64)57-35-14-12-33-27-56-19-17-32(33)20-35)23-45(63)67-29-42(61)53-43(68-49(4,5)70-53)24-40-39-15-13-34-21-37(59)16-18-50(34,6)52(39,54)41(60)25-51(40,53)7/h8-12,14,16-21,27,36,38-41,43,60H,13,15,22-26,28-29,55H2,1-7H3,(H,57,64)(H,58,65)/t36?,38-,39+,40+,41+,43-,50+,51+,52+,53-/m1/s1. The number of aliphatic hydroxyl groups excluding tert-OH is 1. The van der Waals surface area contributed by atoms with E-state index in [1.54, 1.807) is 90.3 Å². The summed E-state index contributed by atoms with van der Waals surface area (Å²) in [6.45, 7) is 10.9. The Morgan fingerprint density at radius 1 is 0.971 bits per heavy atom. The Morgan fingerprint density at radius 3 is 2.39 bits per heavy atom. The fourth-order valence-corrected chi connectivity index (χ4v) is 12.0. The van der Waals surface area contributed by atoms with E-state index >= 15 is 4.39 Å². The molecule has 0 bridgehead atoms. The van der Waals surface area contributed by atoms with Crippen LogP contribution >= 0.6 is 0 Å². The quantitative estimate of drug-likeness (QED) is 0.0984. The van der Waals surface area contributed by atoms with E-state index < -0.39 is 113 Å². The van der Waals surface area contributed by atoms with Crippen molar-refractivity contribution in [2.45, 2.75) is 140 Å². The number of nitrogens with one attached hydrogen (secondary N) is 2. The normalized spacial score (nSPS) is 30.4. The number of aromatic nitrogens is 1. The fraction of sp³-hybridized carbons (Fsp3) is 0.528. The largest absolute Gasteiger partial charge is 0.461 e. The molecule has 70 heavy (non-hydrogen) atoms. The number of amides is 2. The molecule has 374 valence electrons. The van der Waals surface area contributed by atoms with Gasteiger partial charge >= 0.3 is 18.0 Å². The first kappa shape index (κ1) is 50.5. The van der Waals surface area contributed by atoms with Gasteiger partial charge in [-0.25, -0.2) is 9.18 Å². The van der Waals surface area contributed by atoms with Crippen molar-refractivity contribution in [2.24, 2.45) is 28.4 Å².